The Balaban J connectivity index is 2.08. The summed E-state index contributed by atoms with van der Waals surface area (Å²) in [5.41, 5.74) is 2.46. The number of pyridine rings is 1. The Morgan fingerprint density at radius 1 is 1.25 bits per heavy atom. The van der Waals surface area contributed by atoms with Gasteiger partial charge < -0.3 is 5.32 Å². The lowest BCUT2D eigenvalue weighted by atomic mass is 10.1. The molecule has 1 aliphatic rings. The molecule has 2 heterocycles. The molecule has 1 N–H and O–H groups in total. The zero-order chi connectivity index (χ0) is 10.8. The zero-order valence-corrected chi connectivity index (χ0v) is 9.83. The molecule has 2 aromatic rings. The molecule has 3 heteroatoms. The molecule has 1 aromatic carbocycles. The van der Waals surface area contributed by atoms with Crippen LogP contribution in [-0.2, 0) is 0 Å². The van der Waals surface area contributed by atoms with Gasteiger partial charge in [0.1, 0.15) is 0 Å². The van der Waals surface area contributed by atoms with E-state index in [4.69, 9.17) is 0 Å². The first-order valence-corrected chi connectivity index (χ1v) is 6.69. The monoisotopic (exact) mass is 230 g/mol. The van der Waals surface area contributed by atoms with Gasteiger partial charge in [0.15, 0.2) is 0 Å². The summed E-state index contributed by atoms with van der Waals surface area (Å²) < 4.78 is 0. The van der Waals surface area contributed by atoms with Gasteiger partial charge in [-0.05, 0) is 36.4 Å². The second-order valence-corrected chi connectivity index (χ2v) is 5.19. The molecular weight excluding hydrogens is 216 g/mol. The van der Waals surface area contributed by atoms with Crippen LogP contribution in [0.3, 0.4) is 0 Å². The van der Waals surface area contributed by atoms with Crippen molar-refractivity contribution in [3.63, 3.8) is 0 Å². The molecule has 0 radical (unpaired) electrons. The highest BCUT2D eigenvalue weighted by atomic mass is 32.2. The Morgan fingerprint density at radius 2 is 2.19 bits per heavy atom. The van der Waals surface area contributed by atoms with E-state index in [-0.39, 0.29) is 0 Å². The number of para-hydroxylation sites is 1. The van der Waals surface area contributed by atoms with Crippen LogP contribution in [0, 0.1) is 0 Å². The molecule has 0 bridgehead atoms. The number of aromatic nitrogens is 1. The normalized spacial score (nSPS) is 21.1. The molecule has 0 saturated carbocycles. The summed E-state index contributed by atoms with van der Waals surface area (Å²) >= 11 is 1.99. The molecule has 0 spiro atoms. The van der Waals surface area contributed by atoms with Crippen LogP contribution in [0.15, 0.2) is 36.5 Å². The van der Waals surface area contributed by atoms with E-state index in [1.807, 2.05) is 24.0 Å². The summed E-state index contributed by atoms with van der Waals surface area (Å²) in [6.45, 7) is 1.12. The number of hydrogen-bond donors (Lipinski definition) is 1. The molecular formula is C13H14N2S. The summed E-state index contributed by atoms with van der Waals surface area (Å²) in [5.74, 6) is 1.24. The topological polar surface area (TPSA) is 24.9 Å². The van der Waals surface area contributed by atoms with E-state index in [0.717, 1.165) is 12.1 Å². The molecule has 2 nitrogen and oxygen atoms in total. The van der Waals surface area contributed by atoms with E-state index < -0.39 is 0 Å². The minimum absolute atomic E-state index is 0.432. The SMILES string of the molecule is c1ccc2c(C3NCCCS3)ccnc2c1. The third-order valence-corrected chi connectivity index (χ3v) is 4.18. The van der Waals surface area contributed by atoms with E-state index in [9.17, 15) is 0 Å². The third-order valence-electron chi connectivity index (χ3n) is 2.90. The summed E-state index contributed by atoms with van der Waals surface area (Å²) in [5, 5.41) is 5.27. The van der Waals surface area contributed by atoms with Crippen molar-refractivity contribution in [1.82, 2.24) is 10.3 Å². The van der Waals surface area contributed by atoms with Crippen LogP contribution >= 0.6 is 11.8 Å². The quantitative estimate of drug-likeness (QED) is 0.815. The predicted molar refractivity (Wildman–Crippen MR) is 69.6 cm³/mol. The number of benzene rings is 1. The minimum atomic E-state index is 0.432. The molecule has 1 aliphatic heterocycles. The van der Waals surface area contributed by atoms with Crippen molar-refractivity contribution in [1.29, 1.82) is 0 Å². The fraction of sp³-hybridized carbons (Fsp3) is 0.308. The number of hydrogen-bond acceptors (Lipinski definition) is 3. The summed E-state index contributed by atoms with van der Waals surface area (Å²) in [6, 6.07) is 10.5. The first-order chi connectivity index (χ1) is 7.95. The van der Waals surface area contributed by atoms with Gasteiger partial charge in [-0.1, -0.05) is 18.2 Å². The minimum Gasteiger partial charge on any atom is -0.302 e. The number of fused-ring (bicyclic) bond motifs is 1. The highest BCUT2D eigenvalue weighted by Gasteiger charge is 2.17. The van der Waals surface area contributed by atoms with Crippen molar-refractivity contribution in [3.8, 4) is 0 Å². The van der Waals surface area contributed by atoms with Gasteiger partial charge in [0.25, 0.3) is 0 Å². The van der Waals surface area contributed by atoms with Gasteiger partial charge >= 0.3 is 0 Å². The van der Waals surface area contributed by atoms with Crippen LogP contribution < -0.4 is 5.32 Å². The van der Waals surface area contributed by atoms with Crippen LogP contribution in [0.25, 0.3) is 10.9 Å². The van der Waals surface area contributed by atoms with E-state index in [1.54, 1.807) is 0 Å². The Hall–Kier alpha value is -1.06. The highest BCUT2D eigenvalue weighted by molar-refractivity contribution is 7.99. The lowest BCUT2D eigenvalue weighted by Crippen LogP contribution is -2.25. The maximum atomic E-state index is 4.40. The van der Waals surface area contributed by atoms with Crippen molar-refractivity contribution in [2.45, 2.75) is 11.8 Å². The maximum Gasteiger partial charge on any atom is 0.0796 e. The second-order valence-electron chi connectivity index (χ2n) is 3.98. The highest BCUT2D eigenvalue weighted by Crippen LogP contribution is 2.33. The molecule has 82 valence electrons. The predicted octanol–water partition coefficient (Wildman–Crippen LogP) is 2.96. The Labute approximate surface area is 99.5 Å². The van der Waals surface area contributed by atoms with Gasteiger partial charge in [0.05, 0.1) is 10.9 Å². The van der Waals surface area contributed by atoms with Gasteiger partial charge in [0, 0.05) is 11.6 Å². The molecule has 0 aliphatic carbocycles. The number of nitrogens with zero attached hydrogens (tertiary/aromatic N) is 1. The molecule has 1 aromatic heterocycles. The van der Waals surface area contributed by atoms with Gasteiger partial charge in [-0.2, -0.15) is 0 Å². The largest absolute Gasteiger partial charge is 0.302 e. The molecule has 1 atom stereocenters. The molecule has 1 unspecified atom stereocenters. The van der Waals surface area contributed by atoms with Crippen molar-refractivity contribution >= 4 is 22.7 Å². The van der Waals surface area contributed by atoms with Crippen LogP contribution in [0.2, 0.25) is 0 Å². The lowest BCUT2D eigenvalue weighted by Gasteiger charge is -2.24. The number of nitrogens with one attached hydrogen (secondary N) is 1. The van der Waals surface area contributed by atoms with Gasteiger partial charge in [-0.25, -0.2) is 0 Å². The fourth-order valence-electron chi connectivity index (χ4n) is 2.11. The standard InChI is InChI=1S/C13H14N2S/c1-2-5-12-10(4-1)11(6-8-14-12)13-15-7-3-9-16-13/h1-2,4-6,8,13,15H,3,7,9H2. The second kappa shape index (κ2) is 4.44. The van der Waals surface area contributed by atoms with Gasteiger partial charge in [-0.3, -0.25) is 4.98 Å². The van der Waals surface area contributed by atoms with Crippen LogP contribution in [0.1, 0.15) is 17.4 Å². The lowest BCUT2D eigenvalue weighted by molar-refractivity contribution is 0.645. The average molecular weight is 230 g/mol. The molecule has 3 rings (SSSR count). The van der Waals surface area contributed by atoms with Gasteiger partial charge in [0.2, 0.25) is 0 Å². The van der Waals surface area contributed by atoms with E-state index in [2.05, 4.69) is 34.6 Å². The fourth-order valence-corrected chi connectivity index (χ4v) is 3.28. The number of thioether (sulfide) groups is 1. The van der Waals surface area contributed by atoms with Crippen LogP contribution in [-0.4, -0.2) is 17.3 Å². The number of rotatable bonds is 1. The van der Waals surface area contributed by atoms with Crippen molar-refractivity contribution < 1.29 is 0 Å². The first-order valence-electron chi connectivity index (χ1n) is 5.64. The average Bonchev–Trinajstić information content (AvgIpc) is 2.39. The van der Waals surface area contributed by atoms with E-state index in [1.165, 1.54) is 23.1 Å². The van der Waals surface area contributed by atoms with Gasteiger partial charge in [-0.15, -0.1) is 11.8 Å². The summed E-state index contributed by atoms with van der Waals surface area (Å²) in [6.07, 6.45) is 3.18. The van der Waals surface area contributed by atoms with Crippen molar-refractivity contribution in [2.75, 3.05) is 12.3 Å². The molecule has 0 amide bonds. The molecule has 1 fully saturated rings. The zero-order valence-electron chi connectivity index (χ0n) is 9.02. The van der Waals surface area contributed by atoms with Crippen molar-refractivity contribution in [2.24, 2.45) is 0 Å². The third kappa shape index (κ3) is 1.81. The summed E-state index contributed by atoms with van der Waals surface area (Å²) in [4.78, 5) is 4.40. The molecule has 1 saturated heterocycles. The Morgan fingerprint density at radius 3 is 3.06 bits per heavy atom. The Kier molecular flexibility index (Phi) is 2.80. The summed E-state index contributed by atoms with van der Waals surface area (Å²) in [7, 11) is 0. The van der Waals surface area contributed by atoms with Crippen LogP contribution in [0.4, 0.5) is 0 Å². The smallest absolute Gasteiger partial charge is 0.0796 e. The first kappa shape index (κ1) is 10.1. The van der Waals surface area contributed by atoms with Crippen molar-refractivity contribution in [3.05, 3.63) is 42.1 Å². The Bertz CT molecular complexity index is 487. The van der Waals surface area contributed by atoms with E-state index >= 15 is 0 Å². The molecule has 16 heavy (non-hydrogen) atoms. The maximum absolute atomic E-state index is 4.40. The van der Waals surface area contributed by atoms with E-state index in [0.29, 0.717) is 5.37 Å². The van der Waals surface area contributed by atoms with Crippen LogP contribution in [0.5, 0.6) is 0 Å².